The topological polar surface area (TPSA) is 114 Å². The number of nitrogens with one attached hydrogen (secondary N) is 2. The van der Waals surface area contributed by atoms with Crippen LogP contribution < -0.4 is 5.32 Å². The number of nitrogens with zero attached hydrogens (tertiary/aromatic N) is 3. The summed E-state index contributed by atoms with van der Waals surface area (Å²) in [5.74, 6) is -0.546. The van der Waals surface area contributed by atoms with Crippen LogP contribution in [0.2, 0.25) is 0 Å². The predicted molar refractivity (Wildman–Crippen MR) is 77.4 cm³/mol. The molecule has 0 aliphatic heterocycles. The minimum absolute atomic E-state index is 0.165. The van der Waals surface area contributed by atoms with Crippen molar-refractivity contribution in [3.63, 3.8) is 0 Å². The minimum Gasteiger partial charge on any atom is -0.350 e. The molecule has 0 aliphatic carbocycles. The van der Waals surface area contributed by atoms with Gasteiger partial charge in [-0.1, -0.05) is 13.3 Å². The van der Waals surface area contributed by atoms with E-state index in [1.165, 1.54) is 11.3 Å². The molecule has 9 heteroatoms. The third-order valence-electron chi connectivity index (χ3n) is 2.86. The number of carbonyl (C=O) groups excluding carboxylic acids is 1. The molecule has 2 aromatic heterocycles. The van der Waals surface area contributed by atoms with Crippen molar-refractivity contribution in [1.29, 1.82) is 0 Å². The van der Waals surface area contributed by atoms with Crippen molar-refractivity contribution in [2.24, 2.45) is 0 Å². The molecule has 1 amide bonds. The van der Waals surface area contributed by atoms with E-state index in [0.29, 0.717) is 25.1 Å². The SMILES string of the molecule is CCCc1[nH]nc(C(=O)NCCc2cscn2)c1[N+](=O)[O-]. The maximum Gasteiger partial charge on any atom is 0.322 e. The summed E-state index contributed by atoms with van der Waals surface area (Å²) < 4.78 is 0. The number of thiazole rings is 1. The predicted octanol–water partition coefficient (Wildman–Crippen LogP) is 1.70. The first-order chi connectivity index (χ1) is 10.1. The van der Waals surface area contributed by atoms with Crippen molar-refractivity contribution < 1.29 is 9.72 Å². The summed E-state index contributed by atoms with van der Waals surface area (Å²) in [7, 11) is 0. The molecule has 0 bridgehead atoms. The van der Waals surface area contributed by atoms with Gasteiger partial charge in [-0.15, -0.1) is 11.3 Å². The zero-order valence-electron chi connectivity index (χ0n) is 11.5. The molecule has 0 unspecified atom stereocenters. The van der Waals surface area contributed by atoms with Crippen LogP contribution in [0.3, 0.4) is 0 Å². The number of hydrogen-bond acceptors (Lipinski definition) is 6. The van der Waals surface area contributed by atoms with Crippen molar-refractivity contribution in [3.05, 3.63) is 38.1 Å². The van der Waals surface area contributed by atoms with Crippen LogP contribution in [-0.2, 0) is 12.8 Å². The number of aromatic amines is 1. The Bertz CT molecular complexity index is 623. The Kier molecular flexibility index (Phi) is 4.99. The molecule has 8 nitrogen and oxygen atoms in total. The van der Waals surface area contributed by atoms with Gasteiger partial charge in [0, 0.05) is 18.3 Å². The second-order valence-electron chi connectivity index (χ2n) is 4.39. The molecule has 0 aliphatic rings. The molecule has 0 saturated heterocycles. The average molecular weight is 309 g/mol. The van der Waals surface area contributed by atoms with Crippen LogP contribution in [0, 0.1) is 10.1 Å². The normalized spacial score (nSPS) is 10.5. The van der Waals surface area contributed by atoms with Gasteiger partial charge in [-0.2, -0.15) is 5.10 Å². The lowest BCUT2D eigenvalue weighted by molar-refractivity contribution is -0.385. The highest BCUT2D eigenvalue weighted by Crippen LogP contribution is 2.22. The molecule has 0 atom stereocenters. The van der Waals surface area contributed by atoms with Crippen molar-refractivity contribution in [1.82, 2.24) is 20.5 Å². The number of aromatic nitrogens is 3. The van der Waals surface area contributed by atoms with Crippen LogP contribution in [-0.4, -0.2) is 32.6 Å². The fourth-order valence-corrected chi connectivity index (χ4v) is 2.49. The first-order valence-corrected chi connectivity index (χ1v) is 7.44. The van der Waals surface area contributed by atoms with Crippen LogP contribution in [0.15, 0.2) is 10.9 Å². The van der Waals surface area contributed by atoms with Gasteiger partial charge in [0.25, 0.3) is 5.91 Å². The number of hydrogen-bond donors (Lipinski definition) is 2. The molecule has 2 N–H and O–H groups in total. The van der Waals surface area contributed by atoms with Crippen molar-refractivity contribution >= 4 is 22.9 Å². The summed E-state index contributed by atoms with van der Waals surface area (Å²) >= 11 is 1.48. The molecule has 2 aromatic rings. The van der Waals surface area contributed by atoms with Crippen LogP contribution >= 0.6 is 11.3 Å². The molecule has 2 rings (SSSR count). The van der Waals surface area contributed by atoms with Gasteiger partial charge in [-0.3, -0.25) is 20.0 Å². The van der Waals surface area contributed by atoms with Gasteiger partial charge in [0.1, 0.15) is 5.69 Å². The number of H-pyrrole nitrogens is 1. The maximum absolute atomic E-state index is 12.0. The van der Waals surface area contributed by atoms with Crippen molar-refractivity contribution in [2.45, 2.75) is 26.2 Å². The fourth-order valence-electron chi connectivity index (χ4n) is 1.90. The van der Waals surface area contributed by atoms with E-state index in [2.05, 4.69) is 20.5 Å². The highest BCUT2D eigenvalue weighted by Gasteiger charge is 2.28. The van der Waals surface area contributed by atoms with Crippen molar-refractivity contribution in [3.8, 4) is 0 Å². The Balaban J connectivity index is 2.03. The third-order valence-corrected chi connectivity index (χ3v) is 3.50. The van der Waals surface area contributed by atoms with E-state index in [-0.39, 0.29) is 11.4 Å². The van der Waals surface area contributed by atoms with E-state index >= 15 is 0 Å². The lowest BCUT2D eigenvalue weighted by atomic mass is 10.2. The molecule has 112 valence electrons. The number of rotatable bonds is 7. The molecular weight excluding hydrogens is 294 g/mol. The highest BCUT2D eigenvalue weighted by molar-refractivity contribution is 7.07. The molecule has 0 saturated carbocycles. The quantitative estimate of drug-likeness (QED) is 0.597. The standard InChI is InChI=1S/C12H15N5O3S/c1-2-3-9-11(17(19)20)10(16-15-9)12(18)13-5-4-8-6-21-7-14-8/h6-7H,2-5H2,1H3,(H,13,18)(H,15,16). The van der Waals surface area contributed by atoms with E-state index in [4.69, 9.17) is 0 Å². The largest absolute Gasteiger partial charge is 0.350 e. The number of nitro groups is 1. The molecule has 0 spiro atoms. The molecule has 0 fully saturated rings. The van der Waals surface area contributed by atoms with Crippen LogP contribution in [0.1, 0.15) is 35.2 Å². The molecule has 21 heavy (non-hydrogen) atoms. The smallest absolute Gasteiger partial charge is 0.322 e. The van der Waals surface area contributed by atoms with Crippen molar-refractivity contribution in [2.75, 3.05) is 6.54 Å². The van der Waals surface area contributed by atoms with Crippen LogP contribution in [0.5, 0.6) is 0 Å². The lowest BCUT2D eigenvalue weighted by Crippen LogP contribution is -2.26. The lowest BCUT2D eigenvalue weighted by Gasteiger charge is -2.01. The Morgan fingerprint density at radius 1 is 1.52 bits per heavy atom. The Morgan fingerprint density at radius 3 is 2.95 bits per heavy atom. The molecule has 0 radical (unpaired) electrons. The first kappa shape index (κ1) is 15.1. The summed E-state index contributed by atoms with van der Waals surface area (Å²) in [6.45, 7) is 2.26. The van der Waals surface area contributed by atoms with Gasteiger partial charge < -0.3 is 5.32 Å². The number of amides is 1. The van der Waals surface area contributed by atoms with Crippen LogP contribution in [0.4, 0.5) is 5.69 Å². The molecule has 2 heterocycles. The van der Waals surface area contributed by atoms with Gasteiger partial charge >= 0.3 is 5.69 Å². The number of aryl methyl sites for hydroxylation is 1. The Labute approximate surface area is 124 Å². The second-order valence-corrected chi connectivity index (χ2v) is 5.11. The van der Waals surface area contributed by atoms with Gasteiger partial charge in [-0.25, -0.2) is 4.98 Å². The van der Waals surface area contributed by atoms with Crippen LogP contribution in [0.25, 0.3) is 0 Å². The summed E-state index contributed by atoms with van der Waals surface area (Å²) in [4.78, 5) is 26.6. The summed E-state index contributed by atoms with van der Waals surface area (Å²) in [5.41, 5.74) is 2.58. The summed E-state index contributed by atoms with van der Waals surface area (Å²) in [6, 6.07) is 0. The van der Waals surface area contributed by atoms with E-state index in [1.54, 1.807) is 5.51 Å². The van der Waals surface area contributed by atoms with E-state index < -0.39 is 10.8 Å². The van der Waals surface area contributed by atoms with E-state index in [0.717, 1.165) is 12.1 Å². The molecule has 0 aromatic carbocycles. The Morgan fingerprint density at radius 2 is 2.33 bits per heavy atom. The third kappa shape index (κ3) is 3.63. The van der Waals surface area contributed by atoms with Gasteiger partial charge in [0.2, 0.25) is 5.69 Å². The average Bonchev–Trinajstić information content (AvgIpc) is 3.08. The summed E-state index contributed by atoms with van der Waals surface area (Å²) in [5, 5.41) is 22.0. The van der Waals surface area contributed by atoms with Gasteiger partial charge in [0.05, 0.1) is 16.1 Å². The van der Waals surface area contributed by atoms with Gasteiger partial charge in [-0.05, 0) is 6.42 Å². The monoisotopic (exact) mass is 309 g/mol. The zero-order chi connectivity index (χ0) is 15.2. The first-order valence-electron chi connectivity index (χ1n) is 6.50. The fraction of sp³-hybridized carbons (Fsp3) is 0.417. The highest BCUT2D eigenvalue weighted by atomic mass is 32.1. The van der Waals surface area contributed by atoms with E-state index in [9.17, 15) is 14.9 Å². The number of carbonyl (C=O) groups is 1. The molecular formula is C12H15N5O3S. The zero-order valence-corrected chi connectivity index (χ0v) is 12.3. The Hall–Kier alpha value is -2.29. The maximum atomic E-state index is 12.0. The van der Waals surface area contributed by atoms with E-state index in [1.807, 2.05) is 12.3 Å². The summed E-state index contributed by atoms with van der Waals surface area (Å²) in [6.07, 6.45) is 1.79. The van der Waals surface area contributed by atoms with Gasteiger partial charge in [0.15, 0.2) is 0 Å². The second kappa shape index (κ2) is 6.93. The minimum atomic E-state index is -0.566.